The number of aromatic nitrogens is 4. The zero-order valence-electron chi connectivity index (χ0n) is 20.8. The Morgan fingerprint density at radius 3 is 1.28 bits per heavy atom. The van der Waals surface area contributed by atoms with E-state index in [2.05, 4.69) is 91.9 Å². The second-order valence-corrected chi connectivity index (χ2v) is 8.95. The summed E-state index contributed by atoms with van der Waals surface area (Å²) in [7, 11) is 0. The number of benzene rings is 4. The van der Waals surface area contributed by atoms with E-state index in [0.29, 0.717) is 0 Å². The van der Waals surface area contributed by atoms with Crippen molar-refractivity contribution in [2.45, 2.75) is 0 Å². The molecule has 0 fully saturated rings. The molecule has 4 aromatic carbocycles. The monoisotopic (exact) mass is 681 g/mol. The third kappa shape index (κ3) is 4.33. The summed E-state index contributed by atoms with van der Waals surface area (Å²) in [5.74, 6) is 1.85. The SMILES string of the molecule is [Pt+2].[c-]1cccc2c3ccccc3n(-c3ccccn3)c12.[c-]1cccc2c3ccccc3n(-c3ccccn3)c12. The molecule has 8 rings (SSSR count). The Balaban J connectivity index is 0.000000138. The Hall–Kier alpha value is -4.53. The summed E-state index contributed by atoms with van der Waals surface area (Å²) in [6.07, 6.45) is 3.64. The van der Waals surface area contributed by atoms with Gasteiger partial charge in [0.25, 0.3) is 0 Å². The van der Waals surface area contributed by atoms with Gasteiger partial charge in [0.2, 0.25) is 0 Å². The Labute approximate surface area is 240 Å². The second kappa shape index (κ2) is 10.7. The molecule has 0 unspecified atom stereocenters. The molecule has 0 atom stereocenters. The third-order valence-electron chi connectivity index (χ3n) is 6.74. The van der Waals surface area contributed by atoms with Crippen LogP contribution in [0.3, 0.4) is 0 Å². The Kier molecular flexibility index (Phi) is 6.79. The zero-order valence-corrected chi connectivity index (χ0v) is 23.1. The maximum Gasteiger partial charge on any atom is 2.00 e. The smallest absolute Gasteiger partial charge is 0.319 e. The second-order valence-electron chi connectivity index (χ2n) is 8.95. The average molecular weight is 682 g/mol. The summed E-state index contributed by atoms with van der Waals surface area (Å²) < 4.78 is 4.31. The van der Waals surface area contributed by atoms with Gasteiger partial charge in [-0.05, 0) is 47.2 Å². The van der Waals surface area contributed by atoms with Gasteiger partial charge in [0.15, 0.2) is 0 Å². The van der Waals surface area contributed by atoms with Crippen molar-refractivity contribution in [1.82, 2.24) is 19.1 Å². The normalized spacial score (nSPS) is 10.9. The van der Waals surface area contributed by atoms with Crippen LogP contribution in [0, 0.1) is 12.1 Å². The molecule has 4 aromatic heterocycles. The van der Waals surface area contributed by atoms with Gasteiger partial charge in [-0.3, -0.25) is 0 Å². The molecule has 0 amide bonds. The summed E-state index contributed by atoms with van der Waals surface area (Å²) in [4.78, 5) is 8.93. The number of nitrogens with zero attached hydrogens (tertiary/aromatic N) is 4. The molecule has 0 saturated heterocycles. The number of pyridine rings is 2. The standard InChI is InChI=1S/2C17H11N2.Pt/c2*1-3-9-15-13(7-1)14-8-2-4-10-16(14)19(15)17-11-5-6-12-18-17;/h2*1-9,11-12H;/q2*-1;+2. The van der Waals surface area contributed by atoms with Crippen LogP contribution < -0.4 is 0 Å². The molecule has 0 radical (unpaired) electrons. The Morgan fingerprint density at radius 1 is 0.436 bits per heavy atom. The van der Waals surface area contributed by atoms with Gasteiger partial charge in [0.05, 0.1) is 0 Å². The van der Waals surface area contributed by atoms with E-state index in [1.54, 1.807) is 0 Å². The molecule has 0 N–H and O–H groups in total. The van der Waals surface area contributed by atoms with Crippen molar-refractivity contribution in [3.05, 3.63) is 146 Å². The Morgan fingerprint density at radius 2 is 0.846 bits per heavy atom. The van der Waals surface area contributed by atoms with Gasteiger partial charge in [-0.15, -0.1) is 10.8 Å². The minimum atomic E-state index is 0. The molecule has 0 spiro atoms. The molecule has 188 valence electrons. The van der Waals surface area contributed by atoms with Crippen molar-refractivity contribution < 1.29 is 21.1 Å². The van der Waals surface area contributed by atoms with E-state index in [1.807, 2.05) is 73.1 Å². The third-order valence-corrected chi connectivity index (χ3v) is 6.74. The molecule has 0 saturated carbocycles. The van der Waals surface area contributed by atoms with E-state index in [1.165, 1.54) is 32.6 Å². The minimum absolute atomic E-state index is 0. The van der Waals surface area contributed by atoms with Gasteiger partial charge in [-0.25, -0.2) is 9.97 Å². The molecule has 5 heteroatoms. The molecule has 0 bridgehead atoms. The molecule has 0 aliphatic carbocycles. The minimum Gasteiger partial charge on any atom is -0.319 e. The fourth-order valence-corrected chi connectivity index (χ4v) is 5.14. The predicted octanol–water partition coefficient (Wildman–Crippen LogP) is 7.96. The number of fused-ring (bicyclic) bond motifs is 6. The van der Waals surface area contributed by atoms with Crippen LogP contribution in [0.4, 0.5) is 0 Å². The van der Waals surface area contributed by atoms with E-state index < -0.39 is 0 Å². The van der Waals surface area contributed by atoms with Crippen molar-refractivity contribution in [3.63, 3.8) is 0 Å². The Bertz CT molecular complexity index is 1770. The maximum absolute atomic E-state index is 4.46. The van der Waals surface area contributed by atoms with Crippen molar-refractivity contribution in [3.8, 4) is 11.6 Å². The van der Waals surface area contributed by atoms with Gasteiger partial charge in [0.1, 0.15) is 11.6 Å². The molecule has 4 nitrogen and oxygen atoms in total. The number of hydrogen-bond acceptors (Lipinski definition) is 2. The summed E-state index contributed by atoms with van der Waals surface area (Å²) in [6.45, 7) is 0. The van der Waals surface area contributed by atoms with Gasteiger partial charge in [-0.1, -0.05) is 59.6 Å². The summed E-state index contributed by atoms with van der Waals surface area (Å²) in [5, 5.41) is 4.90. The first-order valence-corrected chi connectivity index (χ1v) is 12.5. The van der Waals surface area contributed by atoms with Crippen LogP contribution in [-0.4, -0.2) is 19.1 Å². The van der Waals surface area contributed by atoms with Crippen molar-refractivity contribution >= 4 is 43.6 Å². The first-order chi connectivity index (χ1) is 18.9. The topological polar surface area (TPSA) is 35.6 Å². The molecule has 8 aromatic rings. The van der Waals surface area contributed by atoms with E-state index >= 15 is 0 Å². The fraction of sp³-hybridized carbons (Fsp3) is 0. The van der Waals surface area contributed by atoms with Gasteiger partial charge in [0, 0.05) is 23.4 Å². The summed E-state index contributed by atoms with van der Waals surface area (Å²) in [5.41, 5.74) is 4.47. The summed E-state index contributed by atoms with van der Waals surface area (Å²) >= 11 is 0. The molecule has 0 aliphatic rings. The molecule has 39 heavy (non-hydrogen) atoms. The summed E-state index contributed by atoms with van der Waals surface area (Å²) in [6, 6.07) is 47.6. The molecular weight excluding hydrogens is 659 g/mol. The largest absolute Gasteiger partial charge is 2.00 e. The number of para-hydroxylation sites is 4. The number of hydrogen-bond donors (Lipinski definition) is 0. The average Bonchev–Trinajstić information content (AvgIpc) is 3.52. The van der Waals surface area contributed by atoms with Gasteiger partial charge in [-0.2, -0.15) is 48.5 Å². The predicted molar refractivity (Wildman–Crippen MR) is 155 cm³/mol. The number of rotatable bonds is 2. The quantitative estimate of drug-likeness (QED) is 0.174. The van der Waals surface area contributed by atoms with Gasteiger partial charge >= 0.3 is 21.1 Å². The van der Waals surface area contributed by atoms with E-state index in [-0.39, 0.29) is 21.1 Å². The van der Waals surface area contributed by atoms with E-state index in [4.69, 9.17) is 0 Å². The van der Waals surface area contributed by atoms with Crippen LogP contribution in [0.25, 0.3) is 55.2 Å². The maximum atomic E-state index is 4.46. The van der Waals surface area contributed by atoms with Crippen LogP contribution in [0.2, 0.25) is 0 Å². The van der Waals surface area contributed by atoms with E-state index in [9.17, 15) is 0 Å². The fourth-order valence-electron chi connectivity index (χ4n) is 5.14. The van der Waals surface area contributed by atoms with E-state index in [0.717, 1.165) is 22.7 Å². The van der Waals surface area contributed by atoms with Crippen LogP contribution in [0.1, 0.15) is 0 Å². The first kappa shape index (κ1) is 24.8. The van der Waals surface area contributed by atoms with Crippen LogP contribution in [-0.2, 0) is 21.1 Å². The van der Waals surface area contributed by atoms with Crippen molar-refractivity contribution in [2.75, 3.05) is 0 Å². The molecular formula is C34H22N4Pt. The van der Waals surface area contributed by atoms with Crippen molar-refractivity contribution in [1.29, 1.82) is 0 Å². The van der Waals surface area contributed by atoms with Gasteiger partial charge < -0.3 is 9.13 Å². The van der Waals surface area contributed by atoms with Crippen LogP contribution >= 0.6 is 0 Å². The first-order valence-electron chi connectivity index (χ1n) is 12.5. The molecule has 4 heterocycles. The zero-order chi connectivity index (χ0) is 25.3. The van der Waals surface area contributed by atoms with Crippen LogP contribution in [0.15, 0.2) is 134 Å². The van der Waals surface area contributed by atoms with Crippen molar-refractivity contribution in [2.24, 2.45) is 0 Å². The molecule has 0 aliphatic heterocycles. The van der Waals surface area contributed by atoms with Crippen LogP contribution in [0.5, 0.6) is 0 Å².